The van der Waals surface area contributed by atoms with Gasteiger partial charge in [0, 0.05) is 23.8 Å². The zero-order chi connectivity index (χ0) is 22.2. The number of nitriles is 1. The normalized spacial score (nSPS) is 12.8. The van der Waals surface area contributed by atoms with Crippen molar-refractivity contribution in [2.75, 3.05) is 18.1 Å². The molecule has 0 aliphatic carbocycles. The van der Waals surface area contributed by atoms with Gasteiger partial charge in [-0.25, -0.2) is 4.90 Å². The van der Waals surface area contributed by atoms with Crippen LogP contribution in [-0.4, -0.2) is 25.0 Å². The van der Waals surface area contributed by atoms with Gasteiger partial charge in [0.1, 0.15) is 24.7 Å². The molecule has 0 saturated carbocycles. The Bertz CT molecular complexity index is 1180. The van der Waals surface area contributed by atoms with Gasteiger partial charge < -0.3 is 9.47 Å². The molecule has 0 bridgehead atoms. The highest BCUT2D eigenvalue weighted by Crippen LogP contribution is 2.30. The van der Waals surface area contributed by atoms with E-state index >= 15 is 0 Å². The van der Waals surface area contributed by atoms with Crippen LogP contribution >= 0.6 is 0 Å². The molecule has 0 aromatic heterocycles. The second-order valence-electron chi connectivity index (χ2n) is 6.25. The Kier molecular flexibility index (Phi) is 6.54. The third-order valence-corrected chi connectivity index (χ3v) is 4.28. The van der Waals surface area contributed by atoms with E-state index in [2.05, 4.69) is 17.9 Å². The lowest BCUT2D eigenvalue weighted by Gasteiger charge is -2.14. The number of anilines is 1. The zero-order valence-corrected chi connectivity index (χ0v) is 16.4. The van der Waals surface area contributed by atoms with E-state index in [0.717, 1.165) is 4.90 Å². The Balaban J connectivity index is 1.91. The summed E-state index contributed by atoms with van der Waals surface area (Å²) < 4.78 is 11.0. The first-order valence-electron chi connectivity index (χ1n) is 9.12. The highest BCUT2D eigenvalue weighted by atomic mass is 16.5. The van der Waals surface area contributed by atoms with E-state index < -0.39 is 11.8 Å². The first-order chi connectivity index (χ1) is 15.1. The zero-order valence-electron chi connectivity index (χ0n) is 16.4. The molecule has 1 heterocycles. The van der Waals surface area contributed by atoms with Crippen LogP contribution in [0.15, 0.2) is 54.6 Å². The molecule has 1 aliphatic rings. The molecule has 31 heavy (non-hydrogen) atoms. The number of carbonyl (C=O) groups excluding carboxylic acids is 2. The molecule has 3 rings (SSSR count). The number of carbonyl (C=O) groups is 2. The smallest absolute Gasteiger partial charge is 0.258 e. The van der Waals surface area contributed by atoms with E-state index in [4.69, 9.17) is 22.3 Å². The average Bonchev–Trinajstić information content (AvgIpc) is 3.13. The molecular formula is C25H16N2O4. The van der Waals surface area contributed by atoms with Crippen molar-refractivity contribution in [3.05, 3.63) is 65.7 Å². The third-order valence-electron chi connectivity index (χ3n) is 4.28. The van der Waals surface area contributed by atoms with Crippen molar-refractivity contribution in [1.82, 2.24) is 0 Å². The molecule has 1 aliphatic heterocycles. The molecule has 6 nitrogen and oxygen atoms in total. The molecule has 2 aromatic carbocycles. The number of terminal acetylenes is 2. The molecule has 2 amide bonds. The van der Waals surface area contributed by atoms with E-state index in [1.807, 2.05) is 0 Å². The number of ether oxygens (including phenoxy) is 2. The summed E-state index contributed by atoms with van der Waals surface area (Å²) in [6, 6.07) is 13.8. The van der Waals surface area contributed by atoms with E-state index in [0.29, 0.717) is 33.9 Å². The molecule has 0 atom stereocenters. The van der Waals surface area contributed by atoms with Gasteiger partial charge >= 0.3 is 0 Å². The Labute approximate surface area is 180 Å². The van der Waals surface area contributed by atoms with Crippen molar-refractivity contribution in [1.29, 1.82) is 5.26 Å². The van der Waals surface area contributed by atoms with Gasteiger partial charge in [0.05, 0.1) is 17.3 Å². The molecule has 0 radical (unpaired) electrons. The standard InChI is InChI=1S/C25H16N2O4/c1-3-13-30-22-10-7-19(23(16-22)31-14-4-2)15-20(17-26)18-5-8-21(9-6-18)27-24(28)11-12-25(27)29/h1-2,5-12,15-16H,13-14H2/b20-15+. The monoisotopic (exact) mass is 408 g/mol. The van der Waals surface area contributed by atoms with Gasteiger partial charge in [0.25, 0.3) is 11.8 Å². The average molecular weight is 408 g/mol. The summed E-state index contributed by atoms with van der Waals surface area (Å²) in [4.78, 5) is 24.7. The predicted octanol–water partition coefficient (Wildman–Crippen LogP) is 3.20. The minimum atomic E-state index is -0.406. The number of nitrogens with zero attached hydrogens (tertiary/aromatic N) is 2. The third kappa shape index (κ3) is 4.82. The molecular weight excluding hydrogens is 392 g/mol. The van der Waals surface area contributed by atoms with Crippen molar-refractivity contribution in [3.8, 4) is 42.3 Å². The number of rotatable bonds is 7. The topological polar surface area (TPSA) is 79.6 Å². The molecule has 0 fully saturated rings. The largest absolute Gasteiger partial charge is 0.481 e. The van der Waals surface area contributed by atoms with Gasteiger partial charge in [-0.2, -0.15) is 5.26 Å². The van der Waals surface area contributed by atoms with Crippen molar-refractivity contribution >= 4 is 29.2 Å². The van der Waals surface area contributed by atoms with Gasteiger partial charge in [-0.1, -0.05) is 24.0 Å². The van der Waals surface area contributed by atoms with E-state index in [1.54, 1.807) is 48.5 Å². The number of hydrogen-bond acceptors (Lipinski definition) is 5. The predicted molar refractivity (Wildman–Crippen MR) is 117 cm³/mol. The Morgan fingerprint density at radius 3 is 2.23 bits per heavy atom. The molecule has 6 heteroatoms. The van der Waals surface area contributed by atoms with Crippen molar-refractivity contribution in [3.63, 3.8) is 0 Å². The summed E-state index contributed by atoms with van der Waals surface area (Å²) in [7, 11) is 0. The fourth-order valence-electron chi connectivity index (χ4n) is 2.87. The van der Waals surface area contributed by atoms with Crippen LogP contribution in [0.4, 0.5) is 5.69 Å². The Morgan fingerprint density at radius 2 is 1.61 bits per heavy atom. The van der Waals surface area contributed by atoms with Crippen LogP contribution in [0.1, 0.15) is 11.1 Å². The van der Waals surface area contributed by atoms with Crippen molar-refractivity contribution < 1.29 is 19.1 Å². The first kappa shape index (κ1) is 21.0. The summed E-state index contributed by atoms with van der Waals surface area (Å²) in [5, 5.41) is 9.68. The van der Waals surface area contributed by atoms with E-state index in [9.17, 15) is 14.9 Å². The summed E-state index contributed by atoms with van der Waals surface area (Å²) in [5.41, 5.74) is 2.01. The van der Waals surface area contributed by atoms with Crippen LogP contribution in [-0.2, 0) is 9.59 Å². The van der Waals surface area contributed by atoms with Gasteiger partial charge in [0.2, 0.25) is 0 Å². The highest BCUT2D eigenvalue weighted by molar-refractivity contribution is 6.28. The molecule has 0 spiro atoms. The number of imide groups is 1. The summed E-state index contributed by atoms with van der Waals surface area (Å²) >= 11 is 0. The second kappa shape index (κ2) is 9.65. The Morgan fingerprint density at radius 1 is 0.968 bits per heavy atom. The summed E-state index contributed by atoms with van der Waals surface area (Å²) in [6.45, 7) is 0.152. The van der Waals surface area contributed by atoms with E-state index in [-0.39, 0.29) is 13.2 Å². The minimum Gasteiger partial charge on any atom is -0.481 e. The fraction of sp³-hybridized carbons (Fsp3) is 0.0800. The summed E-state index contributed by atoms with van der Waals surface area (Å²) in [5.74, 6) is 4.93. The lowest BCUT2D eigenvalue weighted by Crippen LogP contribution is -2.29. The lowest BCUT2D eigenvalue weighted by molar-refractivity contribution is -0.119. The molecule has 0 saturated heterocycles. The van der Waals surface area contributed by atoms with Gasteiger partial charge in [-0.05, 0) is 35.9 Å². The number of allylic oxidation sites excluding steroid dienone is 1. The van der Waals surface area contributed by atoms with Crippen molar-refractivity contribution in [2.24, 2.45) is 0 Å². The molecule has 150 valence electrons. The lowest BCUT2D eigenvalue weighted by atomic mass is 10.0. The first-order valence-corrected chi connectivity index (χ1v) is 9.12. The van der Waals surface area contributed by atoms with Crippen LogP contribution in [0.3, 0.4) is 0 Å². The van der Waals surface area contributed by atoms with Crippen LogP contribution in [0.5, 0.6) is 11.5 Å². The SMILES string of the molecule is C#CCOc1ccc(/C=C(\C#N)c2ccc(N3C(=O)C=CC3=O)cc2)c(OCC#C)c1. The molecule has 0 N–H and O–H groups in total. The second-order valence-corrected chi connectivity index (χ2v) is 6.25. The van der Waals surface area contributed by atoms with Gasteiger partial charge in [-0.3, -0.25) is 9.59 Å². The quantitative estimate of drug-likeness (QED) is 0.304. The van der Waals surface area contributed by atoms with Gasteiger partial charge in [0.15, 0.2) is 0 Å². The number of benzene rings is 2. The molecule has 2 aromatic rings. The van der Waals surface area contributed by atoms with Crippen LogP contribution in [0.2, 0.25) is 0 Å². The number of hydrogen-bond donors (Lipinski definition) is 0. The minimum absolute atomic E-state index is 0.0436. The van der Waals surface area contributed by atoms with Crippen LogP contribution in [0, 0.1) is 36.0 Å². The number of amides is 2. The maximum atomic E-state index is 11.8. The highest BCUT2D eigenvalue weighted by Gasteiger charge is 2.24. The van der Waals surface area contributed by atoms with Gasteiger partial charge in [-0.15, -0.1) is 12.8 Å². The van der Waals surface area contributed by atoms with Crippen LogP contribution < -0.4 is 14.4 Å². The van der Waals surface area contributed by atoms with Crippen molar-refractivity contribution in [2.45, 2.75) is 0 Å². The van der Waals surface area contributed by atoms with E-state index in [1.165, 1.54) is 12.2 Å². The summed E-state index contributed by atoms with van der Waals surface area (Å²) in [6.07, 6.45) is 14.6. The van der Waals surface area contributed by atoms with Crippen LogP contribution in [0.25, 0.3) is 11.6 Å². The molecule has 0 unspecified atom stereocenters. The maximum Gasteiger partial charge on any atom is 0.258 e. The fourth-order valence-corrected chi connectivity index (χ4v) is 2.87. The Hall–Kier alpha value is -4.73. The maximum absolute atomic E-state index is 11.8.